The topological polar surface area (TPSA) is 72.9 Å². The van der Waals surface area contributed by atoms with E-state index in [1.165, 1.54) is 43.0 Å². The van der Waals surface area contributed by atoms with Gasteiger partial charge in [0.15, 0.2) is 6.61 Å². The van der Waals surface area contributed by atoms with E-state index in [0.717, 1.165) is 15.4 Å². The van der Waals surface area contributed by atoms with Gasteiger partial charge in [-0.1, -0.05) is 49.2 Å². The van der Waals surface area contributed by atoms with Crippen LogP contribution in [0.4, 0.5) is 5.69 Å². The number of hydrogen-bond donors (Lipinski definition) is 0. The van der Waals surface area contributed by atoms with Gasteiger partial charge in [-0.05, 0) is 73.4 Å². The molecule has 180 valence electrons. The molecule has 0 radical (unpaired) electrons. The molecule has 3 aromatic rings. The SMILES string of the molecule is COc1ccc(N(C(=O)COc2ccc(C(C)C)c(C)c2)S(=O)(=O)c2ccc(C)cc2)cc1Cl. The molecule has 0 fully saturated rings. The number of anilines is 1. The van der Waals surface area contributed by atoms with E-state index in [9.17, 15) is 13.2 Å². The highest BCUT2D eigenvalue weighted by atomic mass is 35.5. The van der Waals surface area contributed by atoms with Gasteiger partial charge in [0.25, 0.3) is 15.9 Å². The molecule has 6 nitrogen and oxygen atoms in total. The van der Waals surface area contributed by atoms with Crippen molar-refractivity contribution in [1.82, 2.24) is 0 Å². The number of carbonyl (C=O) groups excluding carboxylic acids is 1. The lowest BCUT2D eigenvalue weighted by atomic mass is 9.98. The molecule has 0 saturated heterocycles. The molecule has 0 aromatic heterocycles. The van der Waals surface area contributed by atoms with Crippen molar-refractivity contribution in [3.05, 3.63) is 82.4 Å². The van der Waals surface area contributed by atoms with Crippen LogP contribution in [0.5, 0.6) is 11.5 Å². The number of methoxy groups -OCH3 is 1. The highest BCUT2D eigenvalue weighted by Gasteiger charge is 2.32. The number of carbonyl (C=O) groups is 1. The number of ether oxygens (including phenoxy) is 2. The number of halogens is 1. The maximum Gasteiger partial charge on any atom is 0.278 e. The van der Waals surface area contributed by atoms with Crippen molar-refractivity contribution in [3.8, 4) is 11.5 Å². The monoisotopic (exact) mass is 501 g/mol. The number of aryl methyl sites for hydroxylation is 2. The Morgan fingerprint density at radius 2 is 1.68 bits per heavy atom. The second-order valence-corrected chi connectivity index (χ2v) is 10.5. The van der Waals surface area contributed by atoms with E-state index in [2.05, 4.69) is 13.8 Å². The third-order valence-electron chi connectivity index (χ3n) is 5.38. The number of rotatable bonds is 8. The second kappa shape index (κ2) is 10.5. The molecule has 0 unspecified atom stereocenters. The van der Waals surface area contributed by atoms with Gasteiger partial charge in [-0.2, -0.15) is 4.31 Å². The van der Waals surface area contributed by atoms with Crippen LogP contribution in [0.15, 0.2) is 65.6 Å². The van der Waals surface area contributed by atoms with Gasteiger partial charge in [0.1, 0.15) is 11.5 Å². The number of amides is 1. The van der Waals surface area contributed by atoms with Crippen molar-refractivity contribution in [2.45, 2.75) is 38.5 Å². The maximum absolute atomic E-state index is 13.5. The summed E-state index contributed by atoms with van der Waals surface area (Å²) in [7, 11) is -2.78. The number of sulfonamides is 1. The van der Waals surface area contributed by atoms with Gasteiger partial charge in [-0.25, -0.2) is 8.42 Å². The van der Waals surface area contributed by atoms with Gasteiger partial charge in [-0.3, -0.25) is 4.79 Å². The summed E-state index contributed by atoms with van der Waals surface area (Å²) < 4.78 is 38.6. The highest BCUT2D eigenvalue weighted by Crippen LogP contribution is 2.32. The Morgan fingerprint density at radius 3 is 2.24 bits per heavy atom. The zero-order chi connectivity index (χ0) is 25.0. The lowest BCUT2D eigenvalue weighted by Crippen LogP contribution is -2.40. The normalized spacial score (nSPS) is 11.4. The average molecular weight is 502 g/mol. The molecule has 34 heavy (non-hydrogen) atoms. The second-order valence-electron chi connectivity index (χ2n) is 8.26. The van der Waals surface area contributed by atoms with Gasteiger partial charge >= 0.3 is 0 Å². The Balaban J connectivity index is 1.96. The summed E-state index contributed by atoms with van der Waals surface area (Å²) in [6.45, 7) is 7.54. The summed E-state index contributed by atoms with van der Waals surface area (Å²) in [6, 6.07) is 16.2. The van der Waals surface area contributed by atoms with E-state index in [1.807, 2.05) is 26.0 Å². The molecule has 0 bridgehead atoms. The van der Waals surface area contributed by atoms with Crippen LogP contribution in [0.25, 0.3) is 0 Å². The van der Waals surface area contributed by atoms with Crippen LogP contribution < -0.4 is 13.8 Å². The molecular formula is C26H28ClNO5S. The molecule has 0 saturated carbocycles. The first-order chi connectivity index (χ1) is 16.0. The van der Waals surface area contributed by atoms with E-state index in [-0.39, 0.29) is 15.6 Å². The van der Waals surface area contributed by atoms with Crippen LogP contribution in [-0.2, 0) is 14.8 Å². The van der Waals surface area contributed by atoms with Crippen molar-refractivity contribution >= 4 is 33.2 Å². The van der Waals surface area contributed by atoms with Gasteiger partial charge in [-0.15, -0.1) is 0 Å². The average Bonchev–Trinajstić information content (AvgIpc) is 2.78. The van der Waals surface area contributed by atoms with Crippen LogP contribution in [0.3, 0.4) is 0 Å². The molecule has 0 N–H and O–H groups in total. The van der Waals surface area contributed by atoms with E-state index in [1.54, 1.807) is 18.2 Å². The van der Waals surface area contributed by atoms with Crippen molar-refractivity contribution in [2.24, 2.45) is 0 Å². The number of nitrogens with zero attached hydrogens (tertiary/aromatic N) is 1. The Kier molecular flexibility index (Phi) is 7.89. The minimum absolute atomic E-state index is 0.0180. The van der Waals surface area contributed by atoms with E-state index < -0.39 is 22.5 Å². The largest absolute Gasteiger partial charge is 0.495 e. The summed E-state index contributed by atoms with van der Waals surface area (Å²) in [4.78, 5) is 13.3. The number of benzene rings is 3. The summed E-state index contributed by atoms with van der Waals surface area (Å²) >= 11 is 6.24. The van der Waals surface area contributed by atoms with E-state index in [0.29, 0.717) is 17.4 Å². The predicted octanol–water partition coefficient (Wildman–Crippen LogP) is 5.89. The fourth-order valence-electron chi connectivity index (χ4n) is 3.60. The lowest BCUT2D eigenvalue weighted by Gasteiger charge is -2.23. The van der Waals surface area contributed by atoms with Crippen LogP contribution in [-0.4, -0.2) is 28.0 Å². The minimum Gasteiger partial charge on any atom is -0.495 e. The molecule has 3 rings (SSSR count). The van der Waals surface area contributed by atoms with Crippen LogP contribution in [0, 0.1) is 13.8 Å². The summed E-state index contributed by atoms with van der Waals surface area (Å²) in [6.07, 6.45) is 0. The molecule has 3 aromatic carbocycles. The molecule has 0 atom stereocenters. The van der Waals surface area contributed by atoms with Crippen molar-refractivity contribution in [2.75, 3.05) is 18.0 Å². The third-order valence-corrected chi connectivity index (χ3v) is 7.44. The van der Waals surface area contributed by atoms with Crippen LogP contribution >= 0.6 is 11.6 Å². The van der Waals surface area contributed by atoms with Crippen LogP contribution in [0.2, 0.25) is 5.02 Å². The molecule has 0 aliphatic carbocycles. The molecule has 0 heterocycles. The minimum atomic E-state index is -4.23. The first-order valence-electron chi connectivity index (χ1n) is 10.8. The van der Waals surface area contributed by atoms with E-state index >= 15 is 0 Å². The van der Waals surface area contributed by atoms with Crippen molar-refractivity contribution in [1.29, 1.82) is 0 Å². The maximum atomic E-state index is 13.5. The Hall–Kier alpha value is -3.03. The zero-order valence-corrected chi connectivity index (χ0v) is 21.4. The molecule has 0 aliphatic heterocycles. The Bertz CT molecular complexity index is 1290. The van der Waals surface area contributed by atoms with Gasteiger partial charge < -0.3 is 9.47 Å². The first-order valence-corrected chi connectivity index (χ1v) is 12.6. The van der Waals surface area contributed by atoms with Gasteiger partial charge in [0.05, 0.1) is 22.7 Å². The molecule has 0 aliphatic rings. The highest BCUT2D eigenvalue weighted by molar-refractivity contribution is 7.93. The fourth-order valence-corrected chi connectivity index (χ4v) is 5.26. The molecule has 0 spiro atoms. The Labute approximate surface area is 206 Å². The van der Waals surface area contributed by atoms with Gasteiger partial charge in [0, 0.05) is 0 Å². The summed E-state index contributed by atoms with van der Waals surface area (Å²) in [5.74, 6) is 0.441. The fraction of sp³-hybridized carbons (Fsp3) is 0.269. The predicted molar refractivity (Wildman–Crippen MR) is 135 cm³/mol. The van der Waals surface area contributed by atoms with Gasteiger partial charge in [0.2, 0.25) is 0 Å². The summed E-state index contributed by atoms with van der Waals surface area (Å²) in [5, 5.41) is 0.178. The quantitative estimate of drug-likeness (QED) is 0.385. The smallest absolute Gasteiger partial charge is 0.278 e. The van der Waals surface area contributed by atoms with E-state index in [4.69, 9.17) is 21.1 Å². The van der Waals surface area contributed by atoms with Crippen molar-refractivity contribution in [3.63, 3.8) is 0 Å². The lowest BCUT2D eigenvalue weighted by molar-refractivity contribution is -0.119. The van der Waals surface area contributed by atoms with Crippen molar-refractivity contribution < 1.29 is 22.7 Å². The standard InChI is InChI=1S/C26H28ClNO5S/c1-17(2)23-12-9-21(14-19(23)4)33-16-26(29)28(20-8-13-25(32-5)24(27)15-20)34(30,31)22-10-6-18(3)7-11-22/h6-15,17H,16H2,1-5H3. The first kappa shape index (κ1) is 25.6. The molecule has 1 amide bonds. The molecular weight excluding hydrogens is 474 g/mol. The molecule has 8 heteroatoms. The summed E-state index contributed by atoms with van der Waals surface area (Å²) in [5.41, 5.74) is 3.19. The number of hydrogen-bond acceptors (Lipinski definition) is 5. The Morgan fingerprint density at radius 1 is 1.00 bits per heavy atom. The van der Waals surface area contributed by atoms with Crippen LogP contribution in [0.1, 0.15) is 36.5 Å². The third kappa shape index (κ3) is 5.54. The zero-order valence-electron chi connectivity index (χ0n) is 19.8.